The lowest BCUT2D eigenvalue weighted by atomic mass is 9.88. The first-order valence-electron chi connectivity index (χ1n) is 8.62. The van der Waals surface area contributed by atoms with Gasteiger partial charge in [0.1, 0.15) is 0 Å². The van der Waals surface area contributed by atoms with Crippen molar-refractivity contribution in [3.63, 3.8) is 0 Å². The van der Waals surface area contributed by atoms with Gasteiger partial charge < -0.3 is 5.32 Å². The first-order valence-corrected chi connectivity index (χ1v) is 8.62. The maximum atomic E-state index is 12.4. The van der Waals surface area contributed by atoms with Gasteiger partial charge in [0, 0.05) is 6.04 Å². The first-order chi connectivity index (χ1) is 11.8. The average Bonchev–Trinajstić information content (AvgIpc) is 2.61. The number of hydrogen-bond acceptors (Lipinski definition) is 1. The van der Waals surface area contributed by atoms with Crippen molar-refractivity contribution in [2.75, 3.05) is 0 Å². The van der Waals surface area contributed by atoms with Crippen LogP contribution in [-0.2, 0) is 24.1 Å². The molecule has 0 heterocycles. The van der Waals surface area contributed by atoms with Crippen LogP contribution >= 0.6 is 0 Å². The van der Waals surface area contributed by atoms with Crippen LogP contribution in [0.1, 0.15) is 23.1 Å². The smallest absolute Gasteiger partial charge is 0.224 e. The number of carbonyl (C=O) groups excluding carboxylic acids is 1. The van der Waals surface area contributed by atoms with E-state index in [9.17, 15) is 4.79 Å². The van der Waals surface area contributed by atoms with E-state index in [0.29, 0.717) is 6.42 Å². The van der Waals surface area contributed by atoms with Crippen LogP contribution in [0.2, 0.25) is 0 Å². The zero-order chi connectivity index (χ0) is 16.4. The van der Waals surface area contributed by atoms with Gasteiger partial charge in [-0.2, -0.15) is 0 Å². The van der Waals surface area contributed by atoms with Gasteiger partial charge in [-0.3, -0.25) is 4.79 Å². The minimum atomic E-state index is 0.120. The predicted octanol–water partition coefficient (Wildman–Crippen LogP) is 4.06. The van der Waals surface area contributed by atoms with E-state index in [1.54, 1.807) is 0 Å². The molecule has 0 saturated heterocycles. The molecule has 0 spiro atoms. The molecule has 0 saturated carbocycles. The lowest BCUT2D eigenvalue weighted by molar-refractivity contribution is -0.121. The van der Waals surface area contributed by atoms with Gasteiger partial charge in [-0.1, -0.05) is 66.7 Å². The van der Waals surface area contributed by atoms with Crippen molar-refractivity contribution in [3.8, 4) is 0 Å². The highest BCUT2D eigenvalue weighted by atomic mass is 16.1. The molecule has 0 aliphatic heterocycles. The molecule has 24 heavy (non-hydrogen) atoms. The molecule has 3 aromatic rings. The van der Waals surface area contributed by atoms with Crippen LogP contribution in [0.3, 0.4) is 0 Å². The van der Waals surface area contributed by atoms with Gasteiger partial charge in [0.05, 0.1) is 6.42 Å². The van der Waals surface area contributed by atoms with Crippen molar-refractivity contribution in [1.29, 1.82) is 0 Å². The van der Waals surface area contributed by atoms with Crippen LogP contribution < -0.4 is 5.32 Å². The largest absolute Gasteiger partial charge is 0.353 e. The fraction of sp³-hybridized carbons (Fsp3) is 0.227. The monoisotopic (exact) mass is 315 g/mol. The Balaban J connectivity index is 1.41. The summed E-state index contributed by atoms with van der Waals surface area (Å²) in [6.45, 7) is 0. The molecule has 1 atom stereocenters. The van der Waals surface area contributed by atoms with Crippen LogP contribution in [-0.4, -0.2) is 11.9 Å². The summed E-state index contributed by atoms with van der Waals surface area (Å²) in [6, 6.07) is 23.3. The quantitative estimate of drug-likeness (QED) is 0.776. The zero-order valence-electron chi connectivity index (χ0n) is 13.7. The number of amides is 1. The first kappa shape index (κ1) is 14.9. The number of aryl methyl sites for hydroxylation is 1. The Labute approximate surface area is 142 Å². The molecule has 0 bridgehead atoms. The lowest BCUT2D eigenvalue weighted by Gasteiger charge is -2.25. The van der Waals surface area contributed by atoms with E-state index in [-0.39, 0.29) is 11.9 Å². The van der Waals surface area contributed by atoms with Gasteiger partial charge in [0.15, 0.2) is 0 Å². The van der Waals surface area contributed by atoms with E-state index in [0.717, 1.165) is 24.8 Å². The maximum Gasteiger partial charge on any atom is 0.224 e. The normalized spacial score (nSPS) is 16.6. The molecular formula is C22H21NO. The molecule has 0 aromatic heterocycles. The summed E-state index contributed by atoms with van der Waals surface area (Å²) < 4.78 is 0. The topological polar surface area (TPSA) is 29.1 Å². The maximum absolute atomic E-state index is 12.4. The number of nitrogens with one attached hydrogen (secondary N) is 1. The van der Waals surface area contributed by atoms with Gasteiger partial charge in [0.2, 0.25) is 5.91 Å². The number of rotatable bonds is 3. The number of benzene rings is 3. The van der Waals surface area contributed by atoms with E-state index < -0.39 is 0 Å². The average molecular weight is 315 g/mol. The Morgan fingerprint density at radius 3 is 2.54 bits per heavy atom. The van der Waals surface area contributed by atoms with Gasteiger partial charge in [-0.15, -0.1) is 0 Å². The molecule has 4 rings (SSSR count). The summed E-state index contributed by atoms with van der Waals surface area (Å²) in [5, 5.41) is 5.62. The lowest BCUT2D eigenvalue weighted by Crippen LogP contribution is -2.39. The third-order valence-corrected chi connectivity index (χ3v) is 4.89. The molecule has 0 fully saturated rings. The highest BCUT2D eigenvalue weighted by molar-refractivity contribution is 5.85. The third kappa shape index (κ3) is 3.18. The van der Waals surface area contributed by atoms with E-state index in [2.05, 4.69) is 59.9 Å². The standard InChI is InChI=1S/C22H21NO/c24-22(14-16-9-10-17-5-1-3-7-19(17)13-16)23-21-12-11-18-6-2-4-8-20(18)15-21/h1-10,13,21H,11-12,14-15H2,(H,23,24). The molecule has 1 aliphatic rings. The predicted molar refractivity (Wildman–Crippen MR) is 98.0 cm³/mol. The molecule has 120 valence electrons. The van der Waals surface area contributed by atoms with Crippen molar-refractivity contribution in [2.45, 2.75) is 31.7 Å². The van der Waals surface area contributed by atoms with Gasteiger partial charge in [-0.25, -0.2) is 0 Å². The summed E-state index contributed by atoms with van der Waals surface area (Å²) in [6.07, 6.45) is 3.47. The van der Waals surface area contributed by atoms with Crippen molar-refractivity contribution >= 4 is 16.7 Å². The molecule has 0 radical (unpaired) electrons. The molecule has 1 unspecified atom stereocenters. The third-order valence-electron chi connectivity index (χ3n) is 4.89. The summed E-state index contributed by atoms with van der Waals surface area (Å²) in [4.78, 5) is 12.4. The van der Waals surface area contributed by atoms with Crippen molar-refractivity contribution in [2.24, 2.45) is 0 Å². The van der Waals surface area contributed by atoms with E-state index in [1.807, 2.05) is 12.1 Å². The van der Waals surface area contributed by atoms with Gasteiger partial charge in [0.25, 0.3) is 0 Å². The Hall–Kier alpha value is -2.61. The molecule has 1 N–H and O–H groups in total. The summed E-state index contributed by atoms with van der Waals surface area (Å²) >= 11 is 0. The summed E-state index contributed by atoms with van der Waals surface area (Å²) in [5.41, 5.74) is 3.87. The highest BCUT2D eigenvalue weighted by Gasteiger charge is 2.19. The molecule has 3 aromatic carbocycles. The van der Waals surface area contributed by atoms with Gasteiger partial charge in [-0.05, 0) is 46.7 Å². The van der Waals surface area contributed by atoms with Crippen LogP contribution in [0, 0.1) is 0 Å². The number of hydrogen-bond donors (Lipinski definition) is 1. The number of carbonyl (C=O) groups is 1. The molecule has 1 amide bonds. The molecule has 2 nitrogen and oxygen atoms in total. The Morgan fingerprint density at radius 2 is 1.67 bits per heavy atom. The van der Waals surface area contributed by atoms with Crippen LogP contribution in [0.5, 0.6) is 0 Å². The fourth-order valence-corrected chi connectivity index (χ4v) is 3.63. The van der Waals surface area contributed by atoms with E-state index in [1.165, 1.54) is 21.9 Å². The van der Waals surface area contributed by atoms with Crippen LogP contribution in [0.4, 0.5) is 0 Å². The highest BCUT2D eigenvalue weighted by Crippen LogP contribution is 2.21. The Kier molecular flexibility index (Phi) is 4.04. The second-order valence-corrected chi connectivity index (χ2v) is 6.63. The van der Waals surface area contributed by atoms with Crippen LogP contribution in [0.15, 0.2) is 66.7 Å². The van der Waals surface area contributed by atoms with Gasteiger partial charge >= 0.3 is 0 Å². The second-order valence-electron chi connectivity index (χ2n) is 6.63. The second kappa shape index (κ2) is 6.48. The summed E-state index contributed by atoms with van der Waals surface area (Å²) in [7, 11) is 0. The zero-order valence-corrected chi connectivity index (χ0v) is 13.7. The van der Waals surface area contributed by atoms with Crippen molar-refractivity contribution in [3.05, 3.63) is 83.4 Å². The number of fused-ring (bicyclic) bond motifs is 2. The van der Waals surface area contributed by atoms with Crippen LogP contribution in [0.25, 0.3) is 10.8 Å². The molecular weight excluding hydrogens is 294 g/mol. The Bertz CT molecular complexity index is 884. The Morgan fingerprint density at radius 1 is 0.917 bits per heavy atom. The van der Waals surface area contributed by atoms with E-state index in [4.69, 9.17) is 0 Å². The summed E-state index contributed by atoms with van der Waals surface area (Å²) in [5.74, 6) is 0.120. The SMILES string of the molecule is O=C(Cc1ccc2ccccc2c1)NC1CCc2ccccc2C1. The van der Waals surface area contributed by atoms with E-state index >= 15 is 0 Å². The fourth-order valence-electron chi connectivity index (χ4n) is 3.63. The molecule has 2 heteroatoms. The van der Waals surface area contributed by atoms with Crippen molar-refractivity contribution in [1.82, 2.24) is 5.32 Å². The minimum Gasteiger partial charge on any atom is -0.353 e. The molecule has 1 aliphatic carbocycles. The minimum absolute atomic E-state index is 0.120. The van der Waals surface area contributed by atoms with Crippen molar-refractivity contribution < 1.29 is 4.79 Å².